The molecule has 0 saturated heterocycles. The van der Waals surface area contributed by atoms with Gasteiger partial charge in [-0.3, -0.25) is 4.57 Å². The van der Waals surface area contributed by atoms with Gasteiger partial charge in [0.1, 0.15) is 11.5 Å². The number of benzene rings is 6. The Balaban J connectivity index is 1.29. The highest BCUT2D eigenvalue weighted by atomic mass is 15.1. The summed E-state index contributed by atoms with van der Waals surface area (Å²) in [7, 11) is 0. The van der Waals surface area contributed by atoms with Crippen molar-refractivity contribution in [3.63, 3.8) is 0 Å². The summed E-state index contributed by atoms with van der Waals surface area (Å²) in [6, 6.07) is 53.7. The van der Waals surface area contributed by atoms with Crippen LogP contribution in [0.2, 0.25) is 0 Å². The number of nitrogens with zero attached hydrogens (tertiary/aromatic N) is 4. The van der Waals surface area contributed by atoms with Crippen LogP contribution >= 0.6 is 0 Å². The Bertz CT molecular complexity index is 2930. The molecular weight excluding hydrogens is 633 g/mol. The van der Waals surface area contributed by atoms with Crippen molar-refractivity contribution in [1.29, 1.82) is 0 Å². The van der Waals surface area contributed by atoms with Crippen molar-refractivity contribution in [3.05, 3.63) is 192 Å². The van der Waals surface area contributed by atoms with Crippen molar-refractivity contribution in [2.75, 3.05) is 0 Å². The lowest BCUT2D eigenvalue weighted by Crippen LogP contribution is -2.29. The molecule has 52 heavy (non-hydrogen) atoms. The highest BCUT2D eigenvalue weighted by Gasteiger charge is 2.46. The van der Waals surface area contributed by atoms with Crippen molar-refractivity contribution in [1.82, 2.24) is 14.1 Å². The first-order chi connectivity index (χ1) is 26.5. The fourth-order valence-corrected chi connectivity index (χ4v) is 8.69. The summed E-state index contributed by atoms with van der Waals surface area (Å²) >= 11 is 0. The average Bonchev–Trinajstić information content (AvgIpc) is 3.85. The molecule has 1 aliphatic rings. The molecule has 0 fully saturated rings. The zero-order valence-electron chi connectivity index (χ0n) is 32.4. The van der Waals surface area contributed by atoms with Gasteiger partial charge in [0, 0.05) is 17.0 Å². The van der Waals surface area contributed by atoms with Gasteiger partial charge >= 0.3 is 0 Å². The average molecular weight is 675 g/mol. The summed E-state index contributed by atoms with van der Waals surface area (Å²) in [5.41, 5.74) is 12.1. The molecule has 0 bridgehead atoms. The number of para-hydroxylation sites is 3. The first-order valence-electron chi connectivity index (χ1n) is 19.4. The van der Waals surface area contributed by atoms with E-state index in [2.05, 4.69) is 153 Å². The first kappa shape index (κ1) is 27.5. The molecule has 6 aromatic carbocycles. The summed E-state index contributed by atoms with van der Waals surface area (Å²) in [6.45, 7) is 4.38. The van der Waals surface area contributed by atoms with Crippen LogP contribution in [0.5, 0.6) is 0 Å². The number of rotatable bonds is 4. The Hall–Kier alpha value is -6.26. The van der Waals surface area contributed by atoms with Crippen LogP contribution in [0.1, 0.15) is 52.7 Å². The number of imidazole rings is 1. The maximum Gasteiger partial charge on any atom is 0.249 e. The second-order valence-electron chi connectivity index (χ2n) is 15.0. The summed E-state index contributed by atoms with van der Waals surface area (Å²) in [5.74, 6) is 0.890. The van der Waals surface area contributed by atoms with Crippen LogP contribution in [-0.4, -0.2) is 14.1 Å². The Morgan fingerprint density at radius 2 is 1.29 bits per heavy atom. The predicted molar refractivity (Wildman–Crippen MR) is 213 cm³/mol. The van der Waals surface area contributed by atoms with E-state index in [0.717, 1.165) is 39.2 Å². The van der Waals surface area contributed by atoms with Crippen LogP contribution in [0.3, 0.4) is 0 Å². The molecule has 4 nitrogen and oxygen atoms in total. The SMILES string of the molecule is [2H]C([2H])([2H])[n+]1cn(-c2cccc(C3(c4ccc5c6ccccc6n(-c6cc(C(C)(C)C)ccn6)c5c4)c4ccccc4-c4ccccc43)c2)c2ccccc21. The second-order valence-corrected chi connectivity index (χ2v) is 15.0. The van der Waals surface area contributed by atoms with Crippen LogP contribution in [0, 0.1) is 0 Å². The molecule has 250 valence electrons. The molecule has 4 heteroatoms. The van der Waals surface area contributed by atoms with Gasteiger partial charge in [0.2, 0.25) is 6.33 Å². The Morgan fingerprint density at radius 1 is 0.615 bits per heavy atom. The van der Waals surface area contributed by atoms with Gasteiger partial charge in [0.15, 0.2) is 11.0 Å². The predicted octanol–water partition coefficient (Wildman–Crippen LogP) is 10.6. The summed E-state index contributed by atoms with van der Waals surface area (Å²) in [5, 5.41) is 2.34. The van der Waals surface area contributed by atoms with E-state index in [1.165, 1.54) is 43.2 Å². The molecular formula is C48H39N4+. The molecule has 0 amide bonds. The molecule has 3 heterocycles. The fraction of sp³-hybridized carbons (Fsp3) is 0.125. The van der Waals surface area contributed by atoms with Gasteiger partial charge in [0.25, 0.3) is 0 Å². The molecule has 0 unspecified atom stereocenters. The van der Waals surface area contributed by atoms with Gasteiger partial charge in [-0.2, -0.15) is 4.57 Å². The molecule has 0 radical (unpaired) electrons. The molecule has 0 aliphatic heterocycles. The van der Waals surface area contributed by atoms with Crippen molar-refractivity contribution in [2.45, 2.75) is 31.6 Å². The third-order valence-corrected chi connectivity index (χ3v) is 11.1. The van der Waals surface area contributed by atoms with E-state index in [4.69, 9.17) is 9.10 Å². The van der Waals surface area contributed by atoms with E-state index < -0.39 is 12.4 Å². The monoisotopic (exact) mass is 674 g/mol. The third kappa shape index (κ3) is 4.27. The summed E-state index contributed by atoms with van der Waals surface area (Å²) in [6.07, 6.45) is 3.64. The molecule has 10 rings (SSSR count). The lowest BCUT2D eigenvalue weighted by molar-refractivity contribution is -0.645. The Labute approximate surface area is 308 Å². The van der Waals surface area contributed by atoms with Gasteiger partial charge in [-0.1, -0.05) is 124 Å². The van der Waals surface area contributed by atoms with Gasteiger partial charge < -0.3 is 0 Å². The van der Waals surface area contributed by atoms with E-state index in [0.29, 0.717) is 5.52 Å². The fourth-order valence-electron chi connectivity index (χ4n) is 8.69. The molecule has 0 atom stereocenters. The van der Waals surface area contributed by atoms with Gasteiger partial charge in [0.05, 0.1) is 27.5 Å². The topological polar surface area (TPSA) is 26.6 Å². The molecule has 9 aromatic rings. The number of fused-ring (bicyclic) bond motifs is 7. The molecule has 0 saturated carbocycles. The van der Waals surface area contributed by atoms with Crippen molar-refractivity contribution in [3.8, 4) is 22.6 Å². The van der Waals surface area contributed by atoms with Crippen molar-refractivity contribution in [2.24, 2.45) is 6.98 Å². The molecule has 1 aliphatic carbocycles. The highest BCUT2D eigenvalue weighted by Crippen LogP contribution is 2.56. The summed E-state index contributed by atoms with van der Waals surface area (Å²) < 4.78 is 30.7. The Kier molecular flexibility index (Phi) is 5.87. The minimum absolute atomic E-state index is 0.0399. The minimum Gasteiger partial charge on any atom is -0.294 e. The van der Waals surface area contributed by atoms with E-state index in [-0.39, 0.29) is 5.41 Å². The first-order valence-corrected chi connectivity index (χ1v) is 17.9. The Morgan fingerprint density at radius 3 is 2.06 bits per heavy atom. The van der Waals surface area contributed by atoms with Gasteiger partial charge in [-0.25, -0.2) is 9.55 Å². The maximum absolute atomic E-state index is 8.32. The van der Waals surface area contributed by atoms with Crippen LogP contribution in [0.4, 0.5) is 0 Å². The lowest BCUT2D eigenvalue weighted by Gasteiger charge is -2.34. The highest BCUT2D eigenvalue weighted by molar-refractivity contribution is 6.09. The second kappa shape index (κ2) is 11.1. The molecule has 0 spiro atoms. The van der Waals surface area contributed by atoms with Gasteiger partial charge in [-0.15, -0.1) is 0 Å². The maximum atomic E-state index is 8.32. The van der Waals surface area contributed by atoms with Crippen LogP contribution < -0.4 is 4.57 Å². The van der Waals surface area contributed by atoms with E-state index in [1.54, 1.807) is 6.33 Å². The van der Waals surface area contributed by atoms with Gasteiger partial charge in [-0.05, 0) is 92.9 Å². The number of pyridine rings is 1. The minimum atomic E-state index is -2.33. The van der Waals surface area contributed by atoms with E-state index in [9.17, 15) is 0 Å². The van der Waals surface area contributed by atoms with Crippen LogP contribution in [0.15, 0.2) is 164 Å². The zero-order chi connectivity index (χ0) is 37.7. The van der Waals surface area contributed by atoms with E-state index >= 15 is 0 Å². The van der Waals surface area contributed by atoms with Crippen LogP contribution in [0.25, 0.3) is 55.5 Å². The van der Waals surface area contributed by atoms with E-state index in [1.807, 2.05) is 35.0 Å². The quantitative estimate of drug-likeness (QED) is 0.171. The smallest absolute Gasteiger partial charge is 0.249 e. The standard InChI is InChI=1S/C48H39N4/c1-47(2,3)32-26-27-49-46(30-32)52-42-21-10-7-18-38(42)39-25-24-34(29-45(39)52)48(40-19-8-5-16-36(40)37-17-6-9-20-41(37)48)33-14-13-15-35(28-33)51-31-50(4)43-22-11-12-23-44(43)51/h5-31H,1-4H3/q+1/i4D3. The van der Waals surface area contributed by atoms with Crippen LogP contribution in [-0.2, 0) is 17.8 Å². The number of hydrogen-bond donors (Lipinski definition) is 0. The normalized spacial score (nSPS) is 14.6. The number of hydrogen-bond acceptors (Lipinski definition) is 1. The van der Waals surface area contributed by atoms with Crippen molar-refractivity contribution >= 4 is 32.8 Å². The largest absolute Gasteiger partial charge is 0.294 e. The molecule has 3 aromatic heterocycles. The third-order valence-electron chi connectivity index (χ3n) is 11.1. The number of aromatic nitrogens is 4. The summed E-state index contributed by atoms with van der Waals surface area (Å²) in [4.78, 5) is 4.98. The van der Waals surface area contributed by atoms with Crippen molar-refractivity contribution < 1.29 is 8.68 Å². The lowest BCUT2D eigenvalue weighted by atomic mass is 9.67. The molecule has 0 N–H and O–H groups in total. The number of aryl methyl sites for hydroxylation is 1. The zero-order valence-corrected chi connectivity index (χ0v) is 29.4.